The highest BCUT2D eigenvalue weighted by Gasteiger charge is 2.33. The summed E-state index contributed by atoms with van der Waals surface area (Å²) in [6.45, 7) is 3.91. The van der Waals surface area contributed by atoms with Gasteiger partial charge in [0, 0.05) is 32.2 Å². The van der Waals surface area contributed by atoms with Gasteiger partial charge in [0.25, 0.3) is 5.56 Å². The number of morpholine rings is 1. The Hall–Kier alpha value is -1.61. The number of nitrogens with zero attached hydrogens (tertiary/aromatic N) is 2. The fourth-order valence-electron chi connectivity index (χ4n) is 1.84. The maximum Gasteiger partial charge on any atom is 0.433 e. The van der Waals surface area contributed by atoms with Gasteiger partial charge in [0.05, 0.1) is 13.2 Å². The van der Waals surface area contributed by atoms with Crippen molar-refractivity contribution in [2.45, 2.75) is 6.18 Å². The highest BCUT2D eigenvalue weighted by molar-refractivity contribution is 5.26. The average Bonchev–Trinajstić information content (AvgIpc) is 2.38. The fourth-order valence-corrected chi connectivity index (χ4v) is 1.84. The summed E-state index contributed by atoms with van der Waals surface area (Å²) >= 11 is 0. The number of rotatable bonds is 4. The molecular formula is C11H15F3N4O2. The summed E-state index contributed by atoms with van der Waals surface area (Å²) < 4.78 is 42.7. The summed E-state index contributed by atoms with van der Waals surface area (Å²) in [6.07, 6.45) is -4.63. The Morgan fingerprint density at radius 2 is 2.10 bits per heavy atom. The Bertz CT molecular complexity index is 497. The van der Waals surface area contributed by atoms with Crippen molar-refractivity contribution < 1.29 is 17.9 Å². The molecule has 6 nitrogen and oxygen atoms in total. The zero-order valence-corrected chi connectivity index (χ0v) is 10.7. The highest BCUT2D eigenvalue weighted by atomic mass is 19.4. The molecule has 2 heterocycles. The van der Waals surface area contributed by atoms with Gasteiger partial charge in [0.1, 0.15) is 0 Å². The number of anilines is 1. The van der Waals surface area contributed by atoms with Gasteiger partial charge >= 0.3 is 6.18 Å². The van der Waals surface area contributed by atoms with E-state index in [4.69, 9.17) is 4.74 Å². The van der Waals surface area contributed by atoms with E-state index in [1.54, 1.807) is 0 Å². The number of hydrogen-bond donors (Lipinski definition) is 2. The lowest BCUT2D eigenvalue weighted by Gasteiger charge is -2.26. The van der Waals surface area contributed by atoms with E-state index >= 15 is 0 Å². The van der Waals surface area contributed by atoms with Crippen molar-refractivity contribution >= 4 is 5.95 Å². The second-order valence-electron chi connectivity index (χ2n) is 4.36. The van der Waals surface area contributed by atoms with E-state index in [2.05, 4.69) is 20.2 Å². The monoisotopic (exact) mass is 292 g/mol. The van der Waals surface area contributed by atoms with E-state index in [9.17, 15) is 18.0 Å². The van der Waals surface area contributed by atoms with Crippen LogP contribution in [-0.2, 0) is 10.9 Å². The van der Waals surface area contributed by atoms with E-state index < -0.39 is 17.4 Å². The van der Waals surface area contributed by atoms with E-state index in [-0.39, 0.29) is 5.95 Å². The third kappa shape index (κ3) is 4.20. The zero-order chi connectivity index (χ0) is 14.6. The minimum absolute atomic E-state index is 0.168. The molecule has 0 aromatic carbocycles. The third-order valence-electron chi connectivity index (χ3n) is 2.86. The van der Waals surface area contributed by atoms with Crippen LogP contribution in [0, 0.1) is 0 Å². The van der Waals surface area contributed by atoms with Crippen LogP contribution in [-0.4, -0.2) is 54.3 Å². The number of hydrogen-bond acceptors (Lipinski definition) is 5. The maximum atomic E-state index is 12.5. The molecule has 0 spiro atoms. The summed E-state index contributed by atoms with van der Waals surface area (Å²) in [6, 6.07) is 0.438. The van der Waals surface area contributed by atoms with Crippen LogP contribution < -0.4 is 10.9 Å². The van der Waals surface area contributed by atoms with Crippen LogP contribution in [0.15, 0.2) is 10.9 Å². The molecule has 1 fully saturated rings. The summed E-state index contributed by atoms with van der Waals surface area (Å²) in [5, 5.41) is 2.70. The van der Waals surface area contributed by atoms with Gasteiger partial charge in [-0.25, -0.2) is 4.98 Å². The quantitative estimate of drug-likeness (QED) is 0.847. The first kappa shape index (κ1) is 14.8. The van der Waals surface area contributed by atoms with Crippen LogP contribution in [0.3, 0.4) is 0 Å². The maximum absolute atomic E-state index is 12.5. The van der Waals surface area contributed by atoms with Crippen molar-refractivity contribution in [2.24, 2.45) is 0 Å². The Morgan fingerprint density at radius 1 is 1.40 bits per heavy atom. The van der Waals surface area contributed by atoms with Crippen LogP contribution >= 0.6 is 0 Å². The molecule has 9 heteroatoms. The molecule has 2 N–H and O–H groups in total. The predicted octanol–water partition coefficient (Wildman–Crippen LogP) is 0.533. The molecule has 1 aromatic heterocycles. The van der Waals surface area contributed by atoms with Gasteiger partial charge in [-0.1, -0.05) is 0 Å². The van der Waals surface area contributed by atoms with Crippen molar-refractivity contribution in [3.05, 3.63) is 22.1 Å². The molecule has 2 rings (SSSR count). The number of halogens is 3. The summed E-state index contributed by atoms with van der Waals surface area (Å²) in [7, 11) is 0. The molecule has 0 aliphatic carbocycles. The van der Waals surface area contributed by atoms with Crippen molar-refractivity contribution in [1.82, 2.24) is 14.9 Å². The third-order valence-corrected chi connectivity index (χ3v) is 2.86. The first-order valence-corrected chi connectivity index (χ1v) is 6.18. The Morgan fingerprint density at radius 3 is 2.75 bits per heavy atom. The van der Waals surface area contributed by atoms with Gasteiger partial charge in [-0.2, -0.15) is 13.2 Å². The number of ether oxygens (including phenoxy) is 1. The normalized spacial score (nSPS) is 17.1. The van der Waals surface area contributed by atoms with E-state index in [0.29, 0.717) is 32.4 Å². The first-order valence-electron chi connectivity index (χ1n) is 6.18. The minimum atomic E-state index is -4.63. The number of aromatic nitrogens is 2. The van der Waals surface area contributed by atoms with Gasteiger partial charge in [-0.15, -0.1) is 0 Å². The Kier molecular flexibility index (Phi) is 4.61. The van der Waals surface area contributed by atoms with Gasteiger partial charge in [-0.05, 0) is 0 Å². The molecule has 112 valence electrons. The van der Waals surface area contributed by atoms with Gasteiger partial charge in [0.15, 0.2) is 5.69 Å². The molecule has 1 aliphatic heterocycles. The molecular weight excluding hydrogens is 277 g/mol. The second-order valence-corrected chi connectivity index (χ2v) is 4.36. The minimum Gasteiger partial charge on any atom is -0.379 e. The van der Waals surface area contributed by atoms with Crippen LogP contribution in [0.2, 0.25) is 0 Å². The van der Waals surface area contributed by atoms with E-state index in [0.717, 1.165) is 13.1 Å². The first-order chi connectivity index (χ1) is 9.45. The smallest absolute Gasteiger partial charge is 0.379 e. The highest BCUT2D eigenvalue weighted by Crippen LogP contribution is 2.26. The molecule has 0 amide bonds. The summed E-state index contributed by atoms with van der Waals surface area (Å²) in [5.74, 6) is -0.168. The number of alkyl halides is 3. The van der Waals surface area contributed by atoms with E-state index in [1.807, 2.05) is 0 Å². The fraction of sp³-hybridized carbons (Fsp3) is 0.636. The molecule has 1 saturated heterocycles. The van der Waals surface area contributed by atoms with Crippen LogP contribution in [0.1, 0.15) is 5.69 Å². The molecule has 0 radical (unpaired) electrons. The lowest BCUT2D eigenvalue weighted by Crippen LogP contribution is -2.39. The number of nitrogens with one attached hydrogen (secondary N) is 2. The molecule has 1 aliphatic rings. The Labute approximate surface area is 113 Å². The SMILES string of the molecule is O=c1cc(C(F)(F)F)nc(NCCN2CCOCC2)[nH]1. The van der Waals surface area contributed by atoms with Crippen molar-refractivity contribution in [3.63, 3.8) is 0 Å². The topological polar surface area (TPSA) is 70.2 Å². The molecule has 0 atom stereocenters. The largest absolute Gasteiger partial charge is 0.433 e. The lowest BCUT2D eigenvalue weighted by molar-refractivity contribution is -0.141. The Balaban J connectivity index is 1.92. The van der Waals surface area contributed by atoms with Crippen molar-refractivity contribution in [1.29, 1.82) is 0 Å². The average molecular weight is 292 g/mol. The molecule has 0 bridgehead atoms. The van der Waals surface area contributed by atoms with Gasteiger partial charge in [-0.3, -0.25) is 14.7 Å². The lowest BCUT2D eigenvalue weighted by atomic mass is 10.4. The predicted molar refractivity (Wildman–Crippen MR) is 65.6 cm³/mol. The zero-order valence-electron chi connectivity index (χ0n) is 10.7. The summed E-state index contributed by atoms with van der Waals surface area (Å²) in [5.41, 5.74) is -2.03. The van der Waals surface area contributed by atoms with Crippen molar-refractivity contribution in [3.8, 4) is 0 Å². The number of H-pyrrole nitrogens is 1. The molecule has 20 heavy (non-hydrogen) atoms. The molecule has 0 saturated carbocycles. The number of aromatic amines is 1. The van der Waals surface area contributed by atoms with Crippen LogP contribution in [0.25, 0.3) is 0 Å². The van der Waals surface area contributed by atoms with Crippen LogP contribution in [0.4, 0.5) is 19.1 Å². The van der Waals surface area contributed by atoms with Gasteiger partial charge < -0.3 is 10.1 Å². The summed E-state index contributed by atoms with van der Waals surface area (Å²) in [4.78, 5) is 18.9. The van der Waals surface area contributed by atoms with Gasteiger partial charge in [0.2, 0.25) is 5.95 Å². The standard InChI is InChI=1S/C11H15F3N4O2/c12-11(13,14)8-7-9(19)17-10(16-8)15-1-2-18-3-5-20-6-4-18/h7H,1-6H2,(H2,15,16,17,19). The second kappa shape index (κ2) is 6.23. The molecule has 1 aromatic rings. The molecule has 0 unspecified atom stereocenters. The van der Waals surface area contributed by atoms with Crippen molar-refractivity contribution in [2.75, 3.05) is 44.7 Å². The van der Waals surface area contributed by atoms with E-state index in [1.165, 1.54) is 0 Å². The van der Waals surface area contributed by atoms with Crippen LogP contribution in [0.5, 0.6) is 0 Å².